The van der Waals surface area contributed by atoms with Crippen LogP contribution in [0.25, 0.3) is 0 Å². The molecule has 4 nitrogen and oxygen atoms in total. The fourth-order valence-electron chi connectivity index (χ4n) is 1.73. The number of benzene rings is 1. The van der Waals surface area contributed by atoms with Crippen molar-refractivity contribution in [1.29, 1.82) is 0 Å². The van der Waals surface area contributed by atoms with Crippen LogP contribution in [0.3, 0.4) is 0 Å². The van der Waals surface area contributed by atoms with Gasteiger partial charge >= 0.3 is 0 Å². The molecule has 2 rings (SSSR count). The maximum atomic E-state index is 11.9. The SMILES string of the molecule is Cc1ccc(CC(=O)Nc2ccc(S(C)(=O)=O)cc2)s1. The Morgan fingerprint density at radius 1 is 1.15 bits per heavy atom. The van der Waals surface area contributed by atoms with Gasteiger partial charge in [-0.25, -0.2) is 8.42 Å². The third-order valence-electron chi connectivity index (χ3n) is 2.70. The van der Waals surface area contributed by atoms with E-state index in [4.69, 9.17) is 0 Å². The van der Waals surface area contributed by atoms with Crippen molar-refractivity contribution in [2.24, 2.45) is 0 Å². The Morgan fingerprint density at radius 2 is 1.80 bits per heavy atom. The van der Waals surface area contributed by atoms with Gasteiger partial charge in [0.25, 0.3) is 0 Å². The number of hydrogen-bond donors (Lipinski definition) is 1. The molecule has 0 bridgehead atoms. The number of carbonyl (C=O) groups excluding carboxylic acids is 1. The Balaban J connectivity index is 2.01. The zero-order valence-corrected chi connectivity index (χ0v) is 12.8. The average molecular weight is 309 g/mol. The lowest BCUT2D eigenvalue weighted by Crippen LogP contribution is -2.13. The van der Waals surface area contributed by atoms with Crippen molar-refractivity contribution in [3.05, 3.63) is 46.2 Å². The van der Waals surface area contributed by atoms with E-state index in [1.54, 1.807) is 23.5 Å². The fourth-order valence-corrected chi connectivity index (χ4v) is 3.25. The maximum absolute atomic E-state index is 11.9. The van der Waals surface area contributed by atoms with Gasteiger partial charge in [0, 0.05) is 21.7 Å². The van der Waals surface area contributed by atoms with E-state index in [1.807, 2.05) is 19.1 Å². The lowest BCUT2D eigenvalue weighted by atomic mass is 10.3. The third kappa shape index (κ3) is 3.91. The van der Waals surface area contributed by atoms with Crippen LogP contribution in [-0.2, 0) is 21.1 Å². The smallest absolute Gasteiger partial charge is 0.229 e. The van der Waals surface area contributed by atoms with Crippen LogP contribution in [0.1, 0.15) is 9.75 Å². The molecule has 1 aromatic carbocycles. The summed E-state index contributed by atoms with van der Waals surface area (Å²) < 4.78 is 22.6. The molecule has 0 aliphatic heterocycles. The highest BCUT2D eigenvalue weighted by Gasteiger charge is 2.08. The number of anilines is 1. The molecule has 1 N–H and O–H groups in total. The van der Waals surface area contributed by atoms with Crippen LogP contribution in [0.2, 0.25) is 0 Å². The summed E-state index contributed by atoms with van der Waals surface area (Å²) in [6.07, 6.45) is 1.48. The number of aryl methyl sites for hydroxylation is 1. The van der Waals surface area contributed by atoms with Crippen molar-refractivity contribution in [2.45, 2.75) is 18.2 Å². The second-order valence-electron chi connectivity index (χ2n) is 4.53. The van der Waals surface area contributed by atoms with Crippen molar-refractivity contribution in [1.82, 2.24) is 0 Å². The molecule has 2 aromatic rings. The van der Waals surface area contributed by atoms with E-state index >= 15 is 0 Å². The Labute approximate surface area is 122 Å². The summed E-state index contributed by atoms with van der Waals surface area (Å²) in [7, 11) is -3.20. The lowest BCUT2D eigenvalue weighted by molar-refractivity contribution is -0.115. The van der Waals surface area contributed by atoms with Gasteiger partial charge in [0.1, 0.15) is 0 Å². The standard InChI is InChI=1S/C14H15NO3S2/c1-10-3-6-12(19-10)9-14(16)15-11-4-7-13(8-5-11)20(2,17)18/h3-8H,9H2,1-2H3,(H,15,16). The molecule has 0 saturated carbocycles. The molecule has 0 fully saturated rings. The van der Waals surface area contributed by atoms with Crippen molar-refractivity contribution >= 4 is 32.8 Å². The quantitative estimate of drug-likeness (QED) is 0.944. The summed E-state index contributed by atoms with van der Waals surface area (Å²) in [4.78, 5) is 14.3. The van der Waals surface area contributed by atoms with Crippen LogP contribution >= 0.6 is 11.3 Å². The first-order valence-electron chi connectivity index (χ1n) is 6.00. The molecule has 1 amide bonds. The number of hydrogen-bond acceptors (Lipinski definition) is 4. The van der Waals surface area contributed by atoms with Crippen LogP contribution in [0.5, 0.6) is 0 Å². The van der Waals surface area contributed by atoms with Gasteiger partial charge in [-0.3, -0.25) is 4.79 Å². The first-order valence-corrected chi connectivity index (χ1v) is 8.71. The molecule has 1 heterocycles. The summed E-state index contributed by atoms with van der Waals surface area (Å²) in [5, 5.41) is 2.75. The minimum absolute atomic E-state index is 0.112. The summed E-state index contributed by atoms with van der Waals surface area (Å²) >= 11 is 1.59. The number of nitrogens with one attached hydrogen (secondary N) is 1. The highest BCUT2D eigenvalue weighted by atomic mass is 32.2. The molecule has 0 radical (unpaired) electrons. The minimum atomic E-state index is -3.20. The maximum Gasteiger partial charge on any atom is 0.229 e. The monoisotopic (exact) mass is 309 g/mol. The van der Waals surface area contributed by atoms with Gasteiger partial charge in [0.05, 0.1) is 11.3 Å². The molecular formula is C14H15NO3S2. The summed E-state index contributed by atoms with van der Waals surface area (Å²) in [6.45, 7) is 2.00. The number of amides is 1. The zero-order valence-electron chi connectivity index (χ0n) is 11.2. The molecule has 0 aliphatic carbocycles. The van der Waals surface area contributed by atoms with E-state index in [-0.39, 0.29) is 10.8 Å². The fraction of sp³-hybridized carbons (Fsp3) is 0.214. The Hall–Kier alpha value is -1.66. The van der Waals surface area contributed by atoms with Gasteiger partial charge in [-0.1, -0.05) is 0 Å². The highest BCUT2D eigenvalue weighted by Crippen LogP contribution is 2.17. The van der Waals surface area contributed by atoms with Gasteiger partial charge in [-0.15, -0.1) is 11.3 Å². The Bertz CT molecular complexity index is 715. The number of thiophene rings is 1. The Kier molecular flexibility index (Phi) is 4.25. The van der Waals surface area contributed by atoms with Gasteiger partial charge in [0.15, 0.2) is 9.84 Å². The second kappa shape index (κ2) is 5.76. The number of rotatable bonds is 4. The van der Waals surface area contributed by atoms with E-state index in [0.29, 0.717) is 12.1 Å². The van der Waals surface area contributed by atoms with Crippen LogP contribution in [0, 0.1) is 6.92 Å². The lowest BCUT2D eigenvalue weighted by Gasteiger charge is -2.05. The van der Waals surface area contributed by atoms with Crippen molar-refractivity contribution in [2.75, 3.05) is 11.6 Å². The average Bonchev–Trinajstić information content (AvgIpc) is 2.74. The van der Waals surface area contributed by atoms with E-state index in [2.05, 4.69) is 5.32 Å². The topological polar surface area (TPSA) is 63.2 Å². The zero-order chi connectivity index (χ0) is 14.8. The van der Waals surface area contributed by atoms with Gasteiger partial charge in [-0.05, 0) is 43.3 Å². The first kappa shape index (κ1) is 14.7. The normalized spacial score (nSPS) is 11.3. The number of carbonyl (C=O) groups is 1. The van der Waals surface area contributed by atoms with Gasteiger partial charge < -0.3 is 5.32 Å². The van der Waals surface area contributed by atoms with Crippen LogP contribution in [0.4, 0.5) is 5.69 Å². The largest absolute Gasteiger partial charge is 0.326 e. The molecule has 1 aromatic heterocycles. The predicted molar refractivity (Wildman–Crippen MR) is 80.9 cm³/mol. The summed E-state index contributed by atoms with van der Waals surface area (Å²) in [5.74, 6) is -0.112. The van der Waals surface area contributed by atoms with Crippen molar-refractivity contribution < 1.29 is 13.2 Å². The minimum Gasteiger partial charge on any atom is -0.326 e. The van der Waals surface area contributed by atoms with E-state index < -0.39 is 9.84 Å². The summed E-state index contributed by atoms with van der Waals surface area (Å²) in [5.41, 5.74) is 0.593. The molecule has 0 aliphatic rings. The van der Waals surface area contributed by atoms with Gasteiger partial charge in [-0.2, -0.15) is 0 Å². The van der Waals surface area contributed by atoms with Crippen LogP contribution in [-0.4, -0.2) is 20.6 Å². The Morgan fingerprint density at radius 3 is 2.30 bits per heavy atom. The molecule has 0 atom stereocenters. The van der Waals surface area contributed by atoms with Crippen LogP contribution in [0.15, 0.2) is 41.3 Å². The van der Waals surface area contributed by atoms with E-state index in [1.165, 1.54) is 17.0 Å². The second-order valence-corrected chi connectivity index (χ2v) is 7.92. The highest BCUT2D eigenvalue weighted by molar-refractivity contribution is 7.90. The molecule has 106 valence electrons. The summed E-state index contributed by atoms with van der Waals surface area (Å²) in [6, 6.07) is 10.1. The van der Waals surface area contributed by atoms with Crippen molar-refractivity contribution in [3.8, 4) is 0 Å². The third-order valence-corrected chi connectivity index (χ3v) is 4.83. The molecule has 0 saturated heterocycles. The molecule has 20 heavy (non-hydrogen) atoms. The number of sulfone groups is 1. The molecular weight excluding hydrogens is 294 g/mol. The predicted octanol–water partition coefficient (Wildman–Crippen LogP) is 2.64. The van der Waals surface area contributed by atoms with E-state index in [0.717, 1.165) is 11.1 Å². The van der Waals surface area contributed by atoms with Gasteiger partial charge in [0.2, 0.25) is 5.91 Å². The molecule has 0 spiro atoms. The molecule has 6 heteroatoms. The first-order chi connectivity index (χ1) is 9.34. The van der Waals surface area contributed by atoms with Crippen molar-refractivity contribution in [3.63, 3.8) is 0 Å². The van der Waals surface area contributed by atoms with Crippen LogP contribution < -0.4 is 5.32 Å². The molecule has 0 unspecified atom stereocenters. The van der Waals surface area contributed by atoms with E-state index in [9.17, 15) is 13.2 Å².